The number of nitrogens with two attached hydrogens (primary N) is 1. The number of hydrogen-bond donors (Lipinski definition) is 3. The van der Waals surface area contributed by atoms with E-state index in [9.17, 15) is 27.6 Å². The Morgan fingerprint density at radius 1 is 1.20 bits per heavy atom. The van der Waals surface area contributed by atoms with E-state index < -0.39 is 34.2 Å². The van der Waals surface area contributed by atoms with Crippen molar-refractivity contribution in [1.82, 2.24) is 20.4 Å². The maximum absolute atomic E-state index is 14.0. The lowest BCUT2D eigenvalue weighted by Gasteiger charge is -2.58. The second-order valence-electron chi connectivity index (χ2n) is 10.9. The zero-order valence-corrected chi connectivity index (χ0v) is 20.1. The third kappa shape index (κ3) is 4.56. The lowest BCUT2D eigenvalue weighted by atomic mass is 9.47. The van der Waals surface area contributed by atoms with Crippen molar-refractivity contribution in [3.05, 3.63) is 23.5 Å². The molecule has 0 aliphatic heterocycles. The van der Waals surface area contributed by atoms with E-state index in [1.807, 2.05) is 0 Å². The Kier molecular flexibility index (Phi) is 6.25. The van der Waals surface area contributed by atoms with Crippen LogP contribution in [0.2, 0.25) is 0 Å². The molecule has 1 heterocycles. The van der Waals surface area contributed by atoms with Crippen molar-refractivity contribution in [3.8, 4) is 0 Å². The van der Waals surface area contributed by atoms with Crippen molar-refractivity contribution in [2.24, 2.45) is 34.3 Å². The van der Waals surface area contributed by atoms with Gasteiger partial charge in [-0.2, -0.15) is 18.3 Å². The highest BCUT2D eigenvalue weighted by Gasteiger charge is 2.58. The first-order valence-corrected chi connectivity index (χ1v) is 12.0. The molecule has 35 heavy (non-hydrogen) atoms. The molecule has 5 rings (SSSR count). The molecule has 0 radical (unpaired) electrons. The van der Waals surface area contributed by atoms with Crippen LogP contribution in [0.1, 0.15) is 68.9 Å². The number of rotatable bonds is 7. The minimum atomic E-state index is -4.84. The van der Waals surface area contributed by atoms with Crippen LogP contribution < -0.4 is 16.4 Å². The van der Waals surface area contributed by atoms with Gasteiger partial charge in [-0.3, -0.25) is 14.4 Å². The SMILES string of the molecule is CCNC(=O)C(C)(C)C=Cn1ncc(C(=O)NC2C3CC4CC2CC(C(N)=O)(C4)C3)c1C(F)(F)F. The lowest BCUT2D eigenvalue weighted by molar-refractivity contribution is -0.145. The molecular formula is C24H32F3N5O3. The summed E-state index contributed by atoms with van der Waals surface area (Å²) in [6.45, 7) is 5.28. The Hall–Kier alpha value is -2.85. The van der Waals surface area contributed by atoms with Crippen LogP contribution >= 0.6 is 0 Å². The predicted octanol–water partition coefficient (Wildman–Crippen LogP) is 2.94. The molecule has 2 atom stereocenters. The Bertz CT molecular complexity index is 1050. The fourth-order valence-electron chi connectivity index (χ4n) is 6.44. The van der Waals surface area contributed by atoms with E-state index in [1.54, 1.807) is 20.8 Å². The zero-order valence-electron chi connectivity index (χ0n) is 20.1. The number of nitrogens with zero attached hydrogens (tertiary/aromatic N) is 2. The number of halogens is 3. The summed E-state index contributed by atoms with van der Waals surface area (Å²) in [5.74, 6) is -1.11. The molecule has 11 heteroatoms. The van der Waals surface area contributed by atoms with E-state index in [0.717, 1.165) is 31.7 Å². The number of carbonyl (C=O) groups excluding carboxylic acids is 3. The van der Waals surface area contributed by atoms with Gasteiger partial charge in [0.15, 0.2) is 5.69 Å². The van der Waals surface area contributed by atoms with Crippen molar-refractivity contribution in [1.29, 1.82) is 0 Å². The molecule has 1 aromatic heterocycles. The normalized spacial score (nSPS) is 30.0. The lowest BCUT2D eigenvalue weighted by Crippen LogP contribution is -2.62. The number of aromatic nitrogens is 2. The van der Waals surface area contributed by atoms with Crippen molar-refractivity contribution >= 4 is 23.9 Å². The highest BCUT2D eigenvalue weighted by Crippen LogP contribution is 2.60. The fraction of sp³-hybridized carbons (Fsp3) is 0.667. The van der Waals surface area contributed by atoms with Crippen molar-refractivity contribution in [3.63, 3.8) is 0 Å². The smallest absolute Gasteiger partial charge is 0.369 e. The first-order chi connectivity index (χ1) is 16.3. The molecule has 3 amide bonds. The molecule has 8 nitrogen and oxygen atoms in total. The van der Waals surface area contributed by atoms with Gasteiger partial charge in [0, 0.05) is 24.2 Å². The van der Waals surface area contributed by atoms with Gasteiger partial charge in [0.2, 0.25) is 11.8 Å². The average Bonchev–Trinajstić information content (AvgIpc) is 3.19. The maximum atomic E-state index is 14.0. The molecule has 4 bridgehead atoms. The molecule has 4 aliphatic rings. The summed E-state index contributed by atoms with van der Waals surface area (Å²) in [5.41, 5.74) is 2.30. The van der Waals surface area contributed by atoms with E-state index >= 15 is 0 Å². The van der Waals surface area contributed by atoms with Gasteiger partial charge >= 0.3 is 6.18 Å². The van der Waals surface area contributed by atoms with Crippen LogP contribution in [0.4, 0.5) is 13.2 Å². The third-order valence-electron chi connectivity index (χ3n) is 7.96. The van der Waals surface area contributed by atoms with Gasteiger partial charge in [-0.15, -0.1) is 0 Å². The predicted molar refractivity (Wildman–Crippen MR) is 121 cm³/mol. The van der Waals surface area contributed by atoms with E-state index in [1.165, 1.54) is 6.08 Å². The van der Waals surface area contributed by atoms with E-state index in [4.69, 9.17) is 5.73 Å². The summed E-state index contributed by atoms with van der Waals surface area (Å²) in [7, 11) is 0. The van der Waals surface area contributed by atoms with Crippen LogP contribution in [0, 0.1) is 28.6 Å². The number of primary amides is 1. The quantitative estimate of drug-likeness (QED) is 0.539. The Morgan fingerprint density at radius 2 is 1.83 bits per heavy atom. The van der Waals surface area contributed by atoms with Crippen LogP contribution in [-0.4, -0.2) is 40.1 Å². The molecule has 4 N–H and O–H groups in total. The largest absolute Gasteiger partial charge is 0.434 e. The molecule has 2 unspecified atom stereocenters. The number of alkyl halides is 3. The minimum absolute atomic E-state index is 0.0138. The topological polar surface area (TPSA) is 119 Å². The minimum Gasteiger partial charge on any atom is -0.369 e. The summed E-state index contributed by atoms with van der Waals surface area (Å²) in [6, 6.07) is -0.303. The van der Waals surface area contributed by atoms with Crippen LogP contribution in [0.3, 0.4) is 0 Å². The Balaban J connectivity index is 1.56. The monoisotopic (exact) mass is 495 g/mol. The van der Waals surface area contributed by atoms with Gasteiger partial charge in [0.25, 0.3) is 5.91 Å². The summed E-state index contributed by atoms with van der Waals surface area (Å²) in [4.78, 5) is 37.4. The van der Waals surface area contributed by atoms with Gasteiger partial charge in [0.05, 0.1) is 17.2 Å². The number of carbonyl (C=O) groups is 3. The first-order valence-electron chi connectivity index (χ1n) is 12.0. The zero-order chi connectivity index (χ0) is 25.8. The third-order valence-corrected chi connectivity index (χ3v) is 7.96. The van der Waals surface area contributed by atoms with Crippen LogP contribution in [0.15, 0.2) is 12.3 Å². The Morgan fingerprint density at radius 3 is 2.37 bits per heavy atom. The highest BCUT2D eigenvalue weighted by molar-refractivity contribution is 5.96. The van der Waals surface area contributed by atoms with Gasteiger partial charge in [-0.25, -0.2) is 4.68 Å². The number of hydrogen-bond acceptors (Lipinski definition) is 4. The van der Waals surface area contributed by atoms with Crippen molar-refractivity contribution < 1.29 is 27.6 Å². The molecule has 4 fully saturated rings. The van der Waals surface area contributed by atoms with E-state index in [0.29, 0.717) is 30.0 Å². The van der Waals surface area contributed by atoms with Crippen LogP contribution in [0.25, 0.3) is 6.20 Å². The summed E-state index contributed by atoms with van der Waals surface area (Å²) in [6.07, 6.45) is 1.99. The van der Waals surface area contributed by atoms with E-state index in [-0.39, 0.29) is 29.7 Å². The molecule has 192 valence electrons. The molecular weight excluding hydrogens is 463 g/mol. The summed E-state index contributed by atoms with van der Waals surface area (Å²) >= 11 is 0. The number of amides is 3. The fourth-order valence-corrected chi connectivity index (χ4v) is 6.44. The van der Waals surface area contributed by atoms with Crippen LogP contribution in [-0.2, 0) is 15.8 Å². The summed E-state index contributed by atoms with van der Waals surface area (Å²) in [5, 5.41) is 9.26. The van der Waals surface area contributed by atoms with Crippen molar-refractivity contribution in [2.75, 3.05) is 6.54 Å². The number of nitrogens with one attached hydrogen (secondary N) is 2. The van der Waals surface area contributed by atoms with Crippen molar-refractivity contribution in [2.45, 2.75) is 65.1 Å². The van der Waals surface area contributed by atoms with E-state index in [2.05, 4.69) is 15.7 Å². The molecule has 0 aromatic carbocycles. The van der Waals surface area contributed by atoms with Gasteiger partial charge in [-0.05, 0) is 70.6 Å². The molecule has 4 saturated carbocycles. The standard InChI is InChI=1S/C24H32F3N5O3/c1-4-29-21(35)22(2,3)5-6-32-18(24(25,26)27)16(12-30-32)19(33)31-17-14-7-13-8-15(17)11-23(9-13,10-14)20(28)34/h5-6,12-15,17H,4,7-11H2,1-3H3,(H2,28,34)(H,29,35)(H,31,33). The maximum Gasteiger partial charge on any atom is 0.434 e. The van der Waals surface area contributed by atoms with Gasteiger partial charge in [0.1, 0.15) is 0 Å². The first kappa shape index (κ1) is 25.2. The Labute approximate surface area is 201 Å². The molecule has 0 saturated heterocycles. The molecule has 1 aromatic rings. The molecule has 4 aliphatic carbocycles. The highest BCUT2D eigenvalue weighted by atomic mass is 19.4. The second-order valence-corrected chi connectivity index (χ2v) is 10.9. The molecule has 0 spiro atoms. The van der Waals surface area contributed by atoms with Gasteiger partial charge < -0.3 is 16.4 Å². The average molecular weight is 496 g/mol. The summed E-state index contributed by atoms with van der Waals surface area (Å²) < 4.78 is 42.6. The van der Waals surface area contributed by atoms with Crippen LogP contribution in [0.5, 0.6) is 0 Å². The van der Waals surface area contributed by atoms with Gasteiger partial charge in [-0.1, -0.05) is 6.08 Å². The second kappa shape index (κ2) is 8.67.